The summed E-state index contributed by atoms with van der Waals surface area (Å²) in [5.74, 6) is -1.55. The average molecular weight is 291 g/mol. The lowest BCUT2D eigenvalue weighted by atomic mass is 10.1. The van der Waals surface area contributed by atoms with Crippen LogP contribution in [0.4, 0.5) is 8.78 Å². The Kier molecular flexibility index (Phi) is 5.69. The largest absolute Gasteiger partial charge is 0.337 e. The highest BCUT2D eigenvalue weighted by atomic mass is 35.5. The second-order valence-electron chi connectivity index (χ2n) is 4.52. The third kappa shape index (κ3) is 3.64. The minimum absolute atomic E-state index is 0. The molecule has 1 amide bonds. The van der Waals surface area contributed by atoms with Crippen LogP contribution < -0.4 is 5.32 Å². The highest BCUT2D eigenvalue weighted by Crippen LogP contribution is 2.15. The van der Waals surface area contributed by atoms with Crippen LogP contribution in [0.3, 0.4) is 0 Å². The zero-order valence-corrected chi connectivity index (χ0v) is 11.5. The molecule has 0 saturated carbocycles. The summed E-state index contributed by atoms with van der Waals surface area (Å²) >= 11 is 0. The summed E-state index contributed by atoms with van der Waals surface area (Å²) in [6.45, 7) is 3.93. The Morgan fingerprint density at radius 3 is 2.63 bits per heavy atom. The zero-order valence-electron chi connectivity index (χ0n) is 10.7. The minimum atomic E-state index is -0.661. The molecule has 106 valence electrons. The highest BCUT2D eigenvalue weighted by Gasteiger charge is 2.24. The maximum Gasteiger partial charge on any atom is 0.227 e. The van der Waals surface area contributed by atoms with Gasteiger partial charge in [-0.05, 0) is 19.1 Å². The summed E-state index contributed by atoms with van der Waals surface area (Å²) < 4.78 is 26.9. The number of rotatable bonds is 2. The maximum atomic E-state index is 13.5. The number of piperazine rings is 1. The number of carbonyl (C=O) groups excluding carboxylic acids is 1. The van der Waals surface area contributed by atoms with E-state index in [1.165, 1.54) is 18.2 Å². The maximum absolute atomic E-state index is 13.5. The normalized spacial score (nSPS) is 18.9. The van der Waals surface area contributed by atoms with E-state index in [-0.39, 0.29) is 36.3 Å². The van der Waals surface area contributed by atoms with Gasteiger partial charge < -0.3 is 10.2 Å². The third-order valence-corrected chi connectivity index (χ3v) is 3.21. The van der Waals surface area contributed by atoms with Gasteiger partial charge in [-0.1, -0.05) is 6.07 Å². The first kappa shape index (κ1) is 15.9. The van der Waals surface area contributed by atoms with Gasteiger partial charge in [-0.15, -0.1) is 12.4 Å². The van der Waals surface area contributed by atoms with Crippen molar-refractivity contribution in [2.45, 2.75) is 19.4 Å². The lowest BCUT2D eigenvalue weighted by Gasteiger charge is -2.34. The number of hydrogen-bond acceptors (Lipinski definition) is 2. The molecule has 1 N–H and O–H groups in total. The third-order valence-electron chi connectivity index (χ3n) is 3.21. The minimum Gasteiger partial charge on any atom is -0.337 e. The average Bonchev–Trinajstić information content (AvgIpc) is 2.34. The van der Waals surface area contributed by atoms with Crippen LogP contribution in [0.15, 0.2) is 18.2 Å². The zero-order chi connectivity index (χ0) is 13.1. The predicted octanol–water partition coefficient (Wildman–Crippen LogP) is 1.75. The van der Waals surface area contributed by atoms with Gasteiger partial charge in [0.15, 0.2) is 0 Å². The van der Waals surface area contributed by atoms with Gasteiger partial charge >= 0.3 is 0 Å². The summed E-state index contributed by atoms with van der Waals surface area (Å²) in [6, 6.07) is 3.70. The van der Waals surface area contributed by atoms with Crippen LogP contribution in [0, 0.1) is 11.6 Å². The molecule has 1 aromatic rings. The molecule has 0 aliphatic carbocycles. The van der Waals surface area contributed by atoms with Crippen LogP contribution in [0.1, 0.15) is 12.5 Å². The highest BCUT2D eigenvalue weighted by molar-refractivity contribution is 5.85. The van der Waals surface area contributed by atoms with Gasteiger partial charge in [0.05, 0.1) is 6.42 Å². The molecule has 1 fully saturated rings. The van der Waals surface area contributed by atoms with Crippen molar-refractivity contribution >= 4 is 18.3 Å². The van der Waals surface area contributed by atoms with Crippen LogP contribution in [0.25, 0.3) is 0 Å². The van der Waals surface area contributed by atoms with Crippen LogP contribution in [-0.2, 0) is 11.2 Å². The fraction of sp³-hybridized carbons (Fsp3) is 0.462. The molecule has 1 aliphatic heterocycles. The number of amides is 1. The standard InChI is InChI=1S/C13H16F2N2O.ClH/c1-9-8-16-5-6-17(9)13(18)7-10-11(14)3-2-4-12(10)15;/h2-4,9,16H,5-8H2,1H3;1H/t9-;/m0./s1. The number of benzene rings is 1. The monoisotopic (exact) mass is 290 g/mol. The number of nitrogens with zero attached hydrogens (tertiary/aromatic N) is 1. The Morgan fingerprint density at radius 2 is 2.05 bits per heavy atom. The number of carbonyl (C=O) groups is 1. The van der Waals surface area contributed by atoms with Crippen molar-refractivity contribution in [2.75, 3.05) is 19.6 Å². The quantitative estimate of drug-likeness (QED) is 0.900. The topological polar surface area (TPSA) is 32.3 Å². The van der Waals surface area contributed by atoms with Crippen molar-refractivity contribution < 1.29 is 13.6 Å². The molecule has 3 nitrogen and oxygen atoms in total. The first-order valence-corrected chi connectivity index (χ1v) is 6.02. The molecule has 0 bridgehead atoms. The van der Waals surface area contributed by atoms with Crippen molar-refractivity contribution in [2.24, 2.45) is 0 Å². The van der Waals surface area contributed by atoms with Crippen LogP contribution >= 0.6 is 12.4 Å². The predicted molar refractivity (Wildman–Crippen MR) is 71.4 cm³/mol. The lowest BCUT2D eigenvalue weighted by Crippen LogP contribution is -2.52. The van der Waals surface area contributed by atoms with Gasteiger partial charge in [0.25, 0.3) is 0 Å². The van der Waals surface area contributed by atoms with Gasteiger partial charge in [0.1, 0.15) is 11.6 Å². The number of hydrogen-bond donors (Lipinski definition) is 1. The molecule has 2 rings (SSSR count). The Labute approximate surface area is 117 Å². The number of nitrogens with one attached hydrogen (secondary N) is 1. The first-order valence-electron chi connectivity index (χ1n) is 6.02. The van der Waals surface area contributed by atoms with E-state index in [4.69, 9.17) is 0 Å². The molecule has 1 aromatic carbocycles. The first-order chi connectivity index (χ1) is 8.59. The van der Waals surface area contributed by atoms with Gasteiger partial charge in [0.2, 0.25) is 5.91 Å². The molecule has 1 aliphatic rings. The number of halogens is 3. The Morgan fingerprint density at radius 1 is 1.42 bits per heavy atom. The van der Waals surface area contributed by atoms with Crippen molar-refractivity contribution in [3.8, 4) is 0 Å². The van der Waals surface area contributed by atoms with Crippen molar-refractivity contribution in [3.05, 3.63) is 35.4 Å². The van der Waals surface area contributed by atoms with Crippen molar-refractivity contribution in [3.63, 3.8) is 0 Å². The fourth-order valence-electron chi connectivity index (χ4n) is 2.17. The van der Waals surface area contributed by atoms with Crippen LogP contribution in [0.2, 0.25) is 0 Å². The molecule has 0 radical (unpaired) electrons. The van der Waals surface area contributed by atoms with E-state index < -0.39 is 11.6 Å². The molecular formula is C13H17ClF2N2O. The molecule has 1 atom stereocenters. The van der Waals surface area contributed by atoms with Crippen LogP contribution in [-0.4, -0.2) is 36.5 Å². The second-order valence-corrected chi connectivity index (χ2v) is 4.52. The van der Waals surface area contributed by atoms with Gasteiger partial charge in [-0.2, -0.15) is 0 Å². The Hall–Kier alpha value is -1.20. The molecule has 0 unspecified atom stereocenters. The van der Waals surface area contributed by atoms with E-state index in [0.29, 0.717) is 13.1 Å². The lowest BCUT2D eigenvalue weighted by molar-refractivity contribution is -0.133. The van der Waals surface area contributed by atoms with Crippen molar-refractivity contribution in [1.29, 1.82) is 0 Å². The van der Waals surface area contributed by atoms with E-state index in [9.17, 15) is 13.6 Å². The molecular weight excluding hydrogens is 274 g/mol. The van der Waals surface area contributed by atoms with Crippen molar-refractivity contribution in [1.82, 2.24) is 10.2 Å². The molecule has 0 spiro atoms. The summed E-state index contributed by atoms with van der Waals surface area (Å²) in [6.07, 6.45) is -0.219. The summed E-state index contributed by atoms with van der Waals surface area (Å²) in [5, 5.41) is 3.16. The van der Waals surface area contributed by atoms with E-state index in [1.807, 2.05) is 6.92 Å². The van der Waals surface area contributed by atoms with E-state index in [0.717, 1.165) is 6.54 Å². The fourth-order valence-corrected chi connectivity index (χ4v) is 2.17. The van der Waals surface area contributed by atoms with Gasteiger partial charge in [-0.3, -0.25) is 4.79 Å². The summed E-state index contributed by atoms with van der Waals surface area (Å²) in [4.78, 5) is 13.7. The summed E-state index contributed by atoms with van der Waals surface area (Å²) in [7, 11) is 0. The SMILES string of the molecule is C[C@H]1CNCCN1C(=O)Cc1c(F)cccc1F.Cl. The molecule has 1 saturated heterocycles. The molecule has 19 heavy (non-hydrogen) atoms. The van der Waals surface area contributed by atoms with E-state index in [1.54, 1.807) is 4.90 Å². The van der Waals surface area contributed by atoms with E-state index in [2.05, 4.69) is 5.32 Å². The second kappa shape index (κ2) is 6.82. The van der Waals surface area contributed by atoms with E-state index >= 15 is 0 Å². The molecule has 1 heterocycles. The Balaban J connectivity index is 0.00000180. The molecule has 6 heteroatoms. The Bertz CT molecular complexity index is 436. The van der Waals surface area contributed by atoms with Gasteiger partial charge in [-0.25, -0.2) is 8.78 Å². The smallest absolute Gasteiger partial charge is 0.227 e. The van der Waals surface area contributed by atoms with Gasteiger partial charge in [0, 0.05) is 31.2 Å². The summed E-state index contributed by atoms with van der Waals surface area (Å²) in [5.41, 5.74) is -0.145. The van der Waals surface area contributed by atoms with Crippen LogP contribution in [0.5, 0.6) is 0 Å². The molecule has 0 aromatic heterocycles.